The van der Waals surface area contributed by atoms with E-state index in [4.69, 9.17) is 9.73 Å². The van der Waals surface area contributed by atoms with Crippen molar-refractivity contribution in [1.82, 2.24) is 0 Å². The molecule has 3 heteroatoms. The minimum Gasteiger partial charge on any atom is -0.389 e. The third kappa shape index (κ3) is 2.43. The van der Waals surface area contributed by atoms with E-state index in [2.05, 4.69) is 33.8 Å². The van der Waals surface area contributed by atoms with Gasteiger partial charge in [-0.1, -0.05) is 39.3 Å². The molecule has 2 spiro atoms. The predicted octanol–water partition coefficient (Wildman–Crippen LogP) is 5.95. The van der Waals surface area contributed by atoms with Crippen molar-refractivity contribution in [3.05, 3.63) is 11.6 Å². The molecular formula is C29H43NO2. The molecular weight excluding hydrogens is 394 g/mol. The molecule has 7 rings (SSSR count). The third-order valence-electron chi connectivity index (χ3n) is 12.5. The molecule has 0 aromatic rings. The number of aliphatic hydroxyl groups excluding tert-OH is 1. The number of aliphatic hydroxyl groups is 1. The number of ether oxygens (including phenoxy) is 1. The van der Waals surface area contributed by atoms with Gasteiger partial charge >= 0.3 is 0 Å². The Balaban J connectivity index is 1.21. The molecule has 4 saturated carbocycles. The second kappa shape index (κ2) is 6.30. The van der Waals surface area contributed by atoms with Gasteiger partial charge in [-0.15, -0.1) is 0 Å². The minimum absolute atomic E-state index is 0.0459. The molecule has 7 aliphatic rings. The molecule has 0 radical (unpaired) electrons. The van der Waals surface area contributed by atoms with Crippen molar-refractivity contribution in [3.8, 4) is 0 Å². The highest BCUT2D eigenvalue weighted by molar-refractivity contribution is 5.94. The highest BCUT2D eigenvalue weighted by Crippen LogP contribution is 2.83. The summed E-state index contributed by atoms with van der Waals surface area (Å²) in [5, 5.41) is 10.3. The van der Waals surface area contributed by atoms with E-state index in [1.165, 1.54) is 63.5 Å². The zero-order chi connectivity index (χ0) is 22.1. The van der Waals surface area contributed by atoms with E-state index in [1.807, 2.05) is 0 Å². The number of fused-ring (bicyclic) bond motifs is 5. The van der Waals surface area contributed by atoms with E-state index in [0.717, 1.165) is 30.7 Å². The number of hydrogen-bond donors (Lipinski definition) is 1. The molecule has 176 valence electrons. The Morgan fingerprint density at radius 2 is 1.91 bits per heavy atom. The second-order valence-electron chi connectivity index (χ2n) is 13.9. The lowest BCUT2D eigenvalue weighted by atomic mass is 9.56. The Bertz CT molecular complexity index is 909. The van der Waals surface area contributed by atoms with Crippen molar-refractivity contribution < 1.29 is 9.84 Å². The van der Waals surface area contributed by atoms with Gasteiger partial charge in [-0.3, -0.25) is 4.99 Å². The van der Waals surface area contributed by atoms with Crippen LogP contribution in [0, 0.1) is 45.8 Å². The normalized spacial score (nSPS) is 60.3. The Hall–Kier alpha value is -0.670. The van der Waals surface area contributed by atoms with Gasteiger partial charge in [-0.05, 0) is 104 Å². The molecule has 2 unspecified atom stereocenters. The molecule has 3 nitrogen and oxygen atoms in total. The van der Waals surface area contributed by atoms with E-state index in [9.17, 15) is 5.11 Å². The topological polar surface area (TPSA) is 41.8 Å². The van der Waals surface area contributed by atoms with Gasteiger partial charge in [0.05, 0.1) is 17.8 Å². The highest BCUT2D eigenvalue weighted by atomic mass is 16.5. The van der Waals surface area contributed by atoms with E-state index in [-0.39, 0.29) is 11.7 Å². The average molecular weight is 438 g/mol. The van der Waals surface area contributed by atoms with Crippen LogP contribution >= 0.6 is 0 Å². The minimum atomic E-state index is -0.194. The molecule has 2 aliphatic heterocycles. The number of nitrogens with zero attached hydrogens (tertiary/aromatic N) is 1. The van der Waals surface area contributed by atoms with Gasteiger partial charge < -0.3 is 9.84 Å². The zero-order valence-electron chi connectivity index (χ0n) is 20.7. The summed E-state index contributed by atoms with van der Waals surface area (Å²) in [6, 6.07) is 0. The molecule has 0 aromatic heterocycles. The van der Waals surface area contributed by atoms with Gasteiger partial charge in [0.2, 0.25) is 0 Å². The maximum Gasteiger partial charge on any atom is 0.0966 e. The molecule has 1 saturated heterocycles. The Labute approximate surface area is 194 Å². The predicted molar refractivity (Wildman–Crippen MR) is 128 cm³/mol. The van der Waals surface area contributed by atoms with E-state index < -0.39 is 0 Å². The summed E-state index contributed by atoms with van der Waals surface area (Å²) in [6.07, 6.45) is 15.0. The summed E-state index contributed by atoms with van der Waals surface area (Å²) in [4.78, 5) is 5.06. The van der Waals surface area contributed by atoms with Crippen molar-refractivity contribution in [3.63, 3.8) is 0 Å². The molecule has 11 atom stereocenters. The third-order valence-corrected chi connectivity index (χ3v) is 12.5. The lowest BCUT2D eigenvalue weighted by molar-refractivity contribution is -0.0820. The highest BCUT2D eigenvalue weighted by Gasteiger charge is 2.77. The molecule has 5 aliphatic carbocycles. The van der Waals surface area contributed by atoms with E-state index in [0.29, 0.717) is 34.2 Å². The summed E-state index contributed by atoms with van der Waals surface area (Å²) in [5.41, 5.74) is 4.42. The van der Waals surface area contributed by atoms with Gasteiger partial charge in [-0.2, -0.15) is 0 Å². The van der Waals surface area contributed by atoms with Crippen LogP contribution in [-0.4, -0.2) is 35.2 Å². The number of rotatable bonds is 0. The summed E-state index contributed by atoms with van der Waals surface area (Å²) in [5.74, 6) is 3.79. The van der Waals surface area contributed by atoms with Crippen LogP contribution < -0.4 is 0 Å². The van der Waals surface area contributed by atoms with Gasteiger partial charge in [0.15, 0.2) is 0 Å². The van der Waals surface area contributed by atoms with Gasteiger partial charge in [0.25, 0.3) is 0 Å². The molecule has 0 amide bonds. The fraction of sp³-hybridized carbons (Fsp3) is 0.897. The molecule has 5 fully saturated rings. The molecule has 0 aromatic carbocycles. The van der Waals surface area contributed by atoms with Crippen LogP contribution in [0.5, 0.6) is 0 Å². The van der Waals surface area contributed by atoms with E-state index in [1.54, 1.807) is 5.57 Å². The standard InChI is InChI=1S/C29H43NO2/c1-17-11-24-25(30-14-17)18(2)29(32-24)10-8-22-21-6-5-19-12-20(31)7-9-27(19,4)23(21)13-28(22)15-26(28,3)16-29/h12,17-18,20-24,31H,5-11,13-16H2,1-4H3/t17-,18+,20-,21-,22-,23-,24+,26?,27-,28?,29-/m0/s1. The Morgan fingerprint density at radius 3 is 2.75 bits per heavy atom. The monoisotopic (exact) mass is 437 g/mol. The summed E-state index contributed by atoms with van der Waals surface area (Å²) in [6.45, 7) is 11.0. The zero-order valence-corrected chi connectivity index (χ0v) is 20.7. The second-order valence-corrected chi connectivity index (χ2v) is 13.9. The molecule has 0 bridgehead atoms. The van der Waals surface area contributed by atoms with Crippen LogP contribution in [0.2, 0.25) is 0 Å². The van der Waals surface area contributed by atoms with Crippen LogP contribution in [0.3, 0.4) is 0 Å². The maximum absolute atomic E-state index is 10.3. The van der Waals surface area contributed by atoms with Crippen molar-refractivity contribution in [2.75, 3.05) is 6.54 Å². The number of allylic oxidation sites excluding steroid dienone is 1. The van der Waals surface area contributed by atoms with Gasteiger partial charge in [-0.25, -0.2) is 0 Å². The molecule has 2 heterocycles. The van der Waals surface area contributed by atoms with Crippen molar-refractivity contribution in [2.24, 2.45) is 50.8 Å². The Morgan fingerprint density at radius 1 is 1.06 bits per heavy atom. The first kappa shape index (κ1) is 20.7. The van der Waals surface area contributed by atoms with Crippen molar-refractivity contribution >= 4 is 5.71 Å². The van der Waals surface area contributed by atoms with Crippen LogP contribution in [0.15, 0.2) is 16.6 Å². The SMILES string of the molecule is C[C@@H]1CN=C2[C@@H](C)[C@@]3(CC[C@H]4[C@@H]5CCC6=C[C@@H](O)CC[C@]6(C)[C@H]5CC45CC5(C)C3)O[C@@H]2C1. The van der Waals surface area contributed by atoms with Crippen molar-refractivity contribution in [2.45, 2.75) is 110 Å². The smallest absolute Gasteiger partial charge is 0.0966 e. The van der Waals surface area contributed by atoms with Crippen LogP contribution in [0.1, 0.15) is 91.9 Å². The first-order valence-corrected chi connectivity index (χ1v) is 13.8. The first-order chi connectivity index (χ1) is 15.2. The maximum atomic E-state index is 10.3. The summed E-state index contributed by atoms with van der Waals surface area (Å²) >= 11 is 0. The lowest BCUT2D eigenvalue weighted by Gasteiger charge is -2.49. The van der Waals surface area contributed by atoms with Gasteiger partial charge in [0, 0.05) is 18.2 Å². The van der Waals surface area contributed by atoms with E-state index >= 15 is 0 Å². The summed E-state index contributed by atoms with van der Waals surface area (Å²) < 4.78 is 7.07. The number of aliphatic imine (C=N–C) groups is 1. The molecule has 1 N–H and O–H groups in total. The Kier molecular flexibility index (Phi) is 4.07. The van der Waals surface area contributed by atoms with Gasteiger partial charge in [0.1, 0.15) is 0 Å². The fourth-order valence-electron chi connectivity index (χ4n) is 10.7. The van der Waals surface area contributed by atoms with Crippen LogP contribution in [0.25, 0.3) is 0 Å². The summed E-state index contributed by atoms with van der Waals surface area (Å²) in [7, 11) is 0. The number of hydrogen-bond acceptors (Lipinski definition) is 3. The molecule has 32 heavy (non-hydrogen) atoms. The van der Waals surface area contributed by atoms with Crippen molar-refractivity contribution in [1.29, 1.82) is 0 Å². The largest absolute Gasteiger partial charge is 0.389 e. The first-order valence-electron chi connectivity index (χ1n) is 13.8. The quantitative estimate of drug-likeness (QED) is 0.476. The fourth-order valence-corrected chi connectivity index (χ4v) is 10.7. The van der Waals surface area contributed by atoms with Crippen LogP contribution in [0.4, 0.5) is 0 Å². The average Bonchev–Trinajstić information content (AvgIpc) is 3.06. The lowest BCUT2D eigenvalue weighted by Crippen LogP contribution is -2.41. The van der Waals surface area contributed by atoms with Crippen LogP contribution in [-0.2, 0) is 4.74 Å².